The molecule has 0 unspecified atom stereocenters. The van der Waals surface area contributed by atoms with Crippen molar-refractivity contribution in [1.29, 1.82) is 0 Å². The van der Waals surface area contributed by atoms with Gasteiger partial charge >= 0.3 is 0 Å². The van der Waals surface area contributed by atoms with E-state index in [1.807, 2.05) is 13.8 Å². The molecular formula is C15H25N3O4S. The van der Waals surface area contributed by atoms with Crippen molar-refractivity contribution in [3.8, 4) is 0 Å². The van der Waals surface area contributed by atoms with Gasteiger partial charge in [0.15, 0.2) is 0 Å². The topological polar surface area (TPSA) is 84.7 Å². The molecule has 1 N–H and O–H groups in total. The normalized spacial score (nSPS) is 28.4. The number of ether oxygens (including phenoxy) is 1. The van der Waals surface area contributed by atoms with E-state index in [9.17, 15) is 8.42 Å². The highest BCUT2D eigenvalue weighted by Crippen LogP contribution is 2.41. The summed E-state index contributed by atoms with van der Waals surface area (Å²) < 4.78 is 37.2. The van der Waals surface area contributed by atoms with E-state index in [1.165, 1.54) is 0 Å². The second-order valence-electron chi connectivity index (χ2n) is 6.77. The minimum Gasteiger partial charge on any atom is -0.380 e. The minimum absolute atomic E-state index is 0.109. The molecule has 1 aromatic heterocycles. The first-order chi connectivity index (χ1) is 10.9. The van der Waals surface area contributed by atoms with Gasteiger partial charge in [0.25, 0.3) is 0 Å². The molecule has 0 bridgehead atoms. The molecule has 23 heavy (non-hydrogen) atoms. The van der Waals surface area contributed by atoms with Crippen molar-refractivity contribution in [3.63, 3.8) is 0 Å². The van der Waals surface area contributed by atoms with Gasteiger partial charge in [0, 0.05) is 43.1 Å². The molecule has 3 rings (SSSR count). The first-order valence-electron chi connectivity index (χ1n) is 8.04. The van der Waals surface area contributed by atoms with Gasteiger partial charge in [-0.3, -0.25) is 4.90 Å². The van der Waals surface area contributed by atoms with E-state index in [0.29, 0.717) is 25.7 Å². The highest BCUT2D eigenvalue weighted by Gasteiger charge is 2.50. The quantitative estimate of drug-likeness (QED) is 0.818. The lowest BCUT2D eigenvalue weighted by Gasteiger charge is -2.27. The van der Waals surface area contributed by atoms with Crippen molar-refractivity contribution >= 4 is 10.0 Å². The number of rotatable bonds is 6. The Bertz CT molecular complexity index is 653. The molecule has 2 saturated heterocycles. The summed E-state index contributed by atoms with van der Waals surface area (Å²) in [5, 5.41) is 4.01. The van der Waals surface area contributed by atoms with Crippen LogP contribution in [0, 0.1) is 25.2 Å². The zero-order valence-corrected chi connectivity index (χ0v) is 14.8. The molecule has 1 aromatic rings. The number of hydrogen-bond donors (Lipinski definition) is 1. The number of nitrogens with one attached hydrogen (secondary N) is 1. The highest BCUT2D eigenvalue weighted by atomic mass is 32.2. The van der Waals surface area contributed by atoms with Crippen LogP contribution in [0.2, 0.25) is 0 Å². The van der Waals surface area contributed by atoms with Crippen LogP contribution in [0.1, 0.15) is 23.9 Å². The Morgan fingerprint density at radius 1 is 1.43 bits per heavy atom. The van der Waals surface area contributed by atoms with Gasteiger partial charge in [-0.05, 0) is 20.8 Å². The Morgan fingerprint density at radius 3 is 2.87 bits per heavy atom. The van der Waals surface area contributed by atoms with Gasteiger partial charge < -0.3 is 9.26 Å². The number of fused-ring (bicyclic) bond motifs is 1. The van der Waals surface area contributed by atoms with Crippen LogP contribution in [-0.2, 0) is 21.3 Å². The van der Waals surface area contributed by atoms with Crippen molar-refractivity contribution in [2.75, 3.05) is 38.6 Å². The lowest BCUT2D eigenvalue weighted by molar-refractivity contribution is 0.128. The summed E-state index contributed by atoms with van der Waals surface area (Å²) in [5.41, 5.74) is 1.94. The van der Waals surface area contributed by atoms with Crippen molar-refractivity contribution < 1.29 is 17.7 Å². The SMILES string of the molecule is CCS(=O)(=O)NC[C@@]12COC[C@@H]1CN(Cc1c(C)noc1C)C2. The van der Waals surface area contributed by atoms with Crippen LogP contribution in [0.3, 0.4) is 0 Å². The third-order valence-corrected chi connectivity index (χ3v) is 6.52. The number of hydrogen-bond acceptors (Lipinski definition) is 6. The molecule has 3 heterocycles. The molecule has 0 radical (unpaired) electrons. The second-order valence-corrected chi connectivity index (χ2v) is 8.87. The zero-order valence-electron chi connectivity index (χ0n) is 14.0. The van der Waals surface area contributed by atoms with Crippen molar-refractivity contribution in [1.82, 2.24) is 14.8 Å². The predicted octanol–water partition coefficient (Wildman–Crippen LogP) is 0.679. The Hall–Kier alpha value is -0.960. The Morgan fingerprint density at radius 2 is 2.22 bits per heavy atom. The van der Waals surface area contributed by atoms with E-state index in [1.54, 1.807) is 6.92 Å². The van der Waals surface area contributed by atoms with Crippen molar-refractivity contribution in [3.05, 3.63) is 17.0 Å². The van der Waals surface area contributed by atoms with E-state index < -0.39 is 10.0 Å². The third kappa shape index (κ3) is 3.31. The molecule has 0 amide bonds. The lowest BCUT2D eigenvalue weighted by atomic mass is 9.81. The smallest absolute Gasteiger partial charge is 0.211 e. The molecule has 0 aliphatic carbocycles. The van der Waals surface area contributed by atoms with Crippen LogP contribution in [0.25, 0.3) is 0 Å². The molecule has 130 valence electrons. The summed E-state index contributed by atoms with van der Waals surface area (Å²) in [6.45, 7) is 9.84. The monoisotopic (exact) mass is 343 g/mol. The fraction of sp³-hybridized carbons (Fsp3) is 0.800. The number of nitrogens with zero attached hydrogens (tertiary/aromatic N) is 2. The van der Waals surface area contributed by atoms with Crippen LogP contribution in [-0.4, -0.2) is 57.1 Å². The molecule has 0 saturated carbocycles. The summed E-state index contributed by atoms with van der Waals surface area (Å²) >= 11 is 0. The Balaban J connectivity index is 1.70. The maximum absolute atomic E-state index is 11.8. The lowest BCUT2D eigenvalue weighted by Crippen LogP contribution is -2.43. The fourth-order valence-corrected chi connectivity index (χ4v) is 4.33. The molecule has 7 nitrogen and oxygen atoms in total. The van der Waals surface area contributed by atoms with Crippen LogP contribution in [0.5, 0.6) is 0 Å². The molecular weight excluding hydrogens is 318 g/mol. The van der Waals surface area contributed by atoms with Gasteiger partial charge in [-0.25, -0.2) is 13.1 Å². The van der Waals surface area contributed by atoms with E-state index in [-0.39, 0.29) is 11.2 Å². The zero-order chi connectivity index (χ0) is 16.7. The molecule has 8 heteroatoms. The summed E-state index contributed by atoms with van der Waals surface area (Å²) in [7, 11) is -3.18. The first-order valence-corrected chi connectivity index (χ1v) is 9.69. The second kappa shape index (κ2) is 6.16. The van der Waals surface area contributed by atoms with Crippen LogP contribution in [0.15, 0.2) is 4.52 Å². The average Bonchev–Trinajstić information content (AvgIpc) is 3.13. The van der Waals surface area contributed by atoms with Crippen molar-refractivity contribution in [2.45, 2.75) is 27.3 Å². The first kappa shape index (κ1) is 16.9. The number of sulfonamides is 1. The van der Waals surface area contributed by atoms with E-state index in [2.05, 4.69) is 14.8 Å². The summed E-state index contributed by atoms with van der Waals surface area (Å²) in [5.74, 6) is 1.33. The number of aromatic nitrogens is 1. The molecule has 2 aliphatic heterocycles. The predicted molar refractivity (Wildman–Crippen MR) is 85.5 cm³/mol. The van der Waals surface area contributed by atoms with Crippen LogP contribution >= 0.6 is 0 Å². The van der Waals surface area contributed by atoms with Crippen molar-refractivity contribution in [2.24, 2.45) is 11.3 Å². The Kier molecular flexibility index (Phi) is 4.52. The van der Waals surface area contributed by atoms with Gasteiger partial charge in [0.1, 0.15) is 5.76 Å². The number of likely N-dealkylation sites (tertiary alicyclic amines) is 1. The van der Waals surface area contributed by atoms with E-state index >= 15 is 0 Å². The van der Waals surface area contributed by atoms with E-state index in [0.717, 1.165) is 36.7 Å². The molecule has 2 atom stereocenters. The summed E-state index contributed by atoms with van der Waals surface area (Å²) in [6, 6.07) is 0. The van der Waals surface area contributed by atoms with Gasteiger partial charge in [-0.1, -0.05) is 5.16 Å². The fourth-order valence-electron chi connectivity index (χ4n) is 3.62. The molecule has 2 aliphatic rings. The molecule has 0 spiro atoms. The third-order valence-electron chi connectivity index (χ3n) is 5.18. The summed E-state index contributed by atoms with van der Waals surface area (Å²) in [6.07, 6.45) is 0. The van der Waals surface area contributed by atoms with Gasteiger partial charge in [-0.15, -0.1) is 0 Å². The van der Waals surface area contributed by atoms with Gasteiger partial charge in [0.2, 0.25) is 10.0 Å². The average molecular weight is 343 g/mol. The van der Waals surface area contributed by atoms with Crippen LogP contribution in [0.4, 0.5) is 0 Å². The maximum atomic E-state index is 11.8. The van der Waals surface area contributed by atoms with Gasteiger partial charge in [0.05, 0.1) is 24.7 Å². The largest absolute Gasteiger partial charge is 0.380 e. The minimum atomic E-state index is -3.18. The maximum Gasteiger partial charge on any atom is 0.211 e. The van der Waals surface area contributed by atoms with Gasteiger partial charge in [-0.2, -0.15) is 0 Å². The Labute approximate surface area is 137 Å². The number of aryl methyl sites for hydroxylation is 2. The molecule has 0 aromatic carbocycles. The molecule has 2 fully saturated rings. The highest BCUT2D eigenvalue weighted by molar-refractivity contribution is 7.89. The standard InChI is InChI=1S/C15H25N3O4S/c1-4-23(19,20)16-8-15-9-18(5-13(15)7-21-10-15)6-14-11(2)17-22-12(14)3/h13,16H,4-10H2,1-3H3/t13-,15+/m0/s1. The van der Waals surface area contributed by atoms with E-state index in [4.69, 9.17) is 9.26 Å². The summed E-state index contributed by atoms with van der Waals surface area (Å²) in [4.78, 5) is 2.36. The van der Waals surface area contributed by atoms with Crippen LogP contribution < -0.4 is 4.72 Å².